The SMILES string of the molecule is CCCCNC1=CC(=O)C(Cc2ccc(N(CC)CCO)cc2)=CC1=Nc1ccc(N(C)CCO)cc1. The molecule has 0 bridgehead atoms. The van der Waals surface area contributed by atoms with Gasteiger partial charge in [0.15, 0.2) is 5.78 Å². The molecule has 3 rings (SSSR count). The van der Waals surface area contributed by atoms with Gasteiger partial charge in [-0.1, -0.05) is 25.5 Å². The van der Waals surface area contributed by atoms with Crippen LogP contribution < -0.4 is 15.1 Å². The smallest absolute Gasteiger partial charge is 0.184 e. The second-order valence-electron chi connectivity index (χ2n) is 9.18. The quantitative estimate of drug-likeness (QED) is 0.266. The zero-order valence-electron chi connectivity index (χ0n) is 22.3. The Kier molecular flexibility index (Phi) is 10.9. The molecule has 0 radical (unpaired) electrons. The Hall–Kier alpha value is -3.42. The van der Waals surface area contributed by atoms with Crippen molar-refractivity contribution in [3.05, 3.63) is 77.5 Å². The van der Waals surface area contributed by atoms with E-state index in [1.807, 2.05) is 66.6 Å². The third-order valence-electron chi connectivity index (χ3n) is 6.45. The fourth-order valence-corrected chi connectivity index (χ4v) is 4.22. The van der Waals surface area contributed by atoms with Gasteiger partial charge in [-0.05, 0) is 61.4 Å². The second kappa shape index (κ2) is 14.4. The van der Waals surface area contributed by atoms with Crippen molar-refractivity contribution in [2.24, 2.45) is 4.99 Å². The van der Waals surface area contributed by atoms with E-state index in [1.165, 1.54) is 0 Å². The number of hydrogen-bond acceptors (Lipinski definition) is 7. The van der Waals surface area contributed by atoms with Crippen LogP contribution in [0.2, 0.25) is 0 Å². The van der Waals surface area contributed by atoms with E-state index in [0.29, 0.717) is 25.1 Å². The summed E-state index contributed by atoms with van der Waals surface area (Å²) in [6.45, 7) is 7.18. The molecule has 2 aromatic carbocycles. The Balaban J connectivity index is 1.84. The average Bonchev–Trinajstić information content (AvgIpc) is 2.91. The molecule has 7 nitrogen and oxygen atoms in total. The minimum atomic E-state index is -0.00142. The maximum atomic E-state index is 13.0. The van der Waals surface area contributed by atoms with Crippen molar-refractivity contribution in [2.45, 2.75) is 33.1 Å². The van der Waals surface area contributed by atoms with E-state index in [0.717, 1.165) is 60.0 Å². The Bertz CT molecular complexity index is 1100. The Morgan fingerprint density at radius 2 is 1.57 bits per heavy atom. The number of hydrogen-bond donors (Lipinski definition) is 3. The molecule has 2 aromatic rings. The lowest BCUT2D eigenvalue weighted by atomic mass is 9.94. The lowest BCUT2D eigenvalue weighted by Gasteiger charge is -2.22. The first-order valence-corrected chi connectivity index (χ1v) is 13.1. The zero-order chi connectivity index (χ0) is 26.6. The van der Waals surface area contributed by atoms with Gasteiger partial charge in [0.05, 0.1) is 30.3 Å². The summed E-state index contributed by atoms with van der Waals surface area (Å²) >= 11 is 0. The number of benzene rings is 2. The number of carbonyl (C=O) groups is 1. The van der Waals surface area contributed by atoms with Gasteiger partial charge < -0.3 is 25.3 Å². The van der Waals surface area contributed by atoms with Gasteiger partial charge in [0, 0.05) is 62.7 Å². The van der Waals surface area contributed by atoms with Crippen LogP contribution >= 0.6 is 0 Å². The molecule has 3 N–H and O–H groups in total. The highest BCUT2D eigenvalue weighted by molar-refractivity contribution is 6.22. The fraction of sp³-hybridized carbons (Fsp3) is 0.400. The van der Waals surface area contributed by atoms with E-state index in [-0.39, 0.29) is 19.0 Å². The Labute approximate surface area is 220 Å². The molecule has 198 valence electrons. The highest BCUT2D eigenvalue weighted by Crippen LogP contribution is 2.24. The lowest BCUT2D eigenvalue weighted by molar-refractivity contribution is -0.111. The van der Waals surface area contributed by atoms with Crippen molar-refractivity contribution in [1.82, 2.24) is 5.32 Å². The van der Waals surface area contributed by atoms with Crippen molar-refractivity contribution < 1.29 is 15.0 Å². The fourth-order valence-electron chi connectivity index (χ4n) is 4.22. The molecule has 1 aliphatic carbocycles. The van der Waals surface area contributed by atoms with Crippen LogP contribution in [-0.4, -0.2) is 68.1 Å². The maximum Gasteiger partial charge on any atom is 0.184 e. The van der Waals surface area contributed by atoms with E-state index < -0.39 is 0 Å². The van der Waals surface area contributed by atoms with E-state index in [9.17, 15) is 15.0 Å². The molecule has 0 saturated heterocycles. The van der Waals surface area contributed by atoms with Crippen LogP contribution in [0.25, 0.3) is 0 Å². The number of unbranched alkanes of at least 4 members (excludes halogenated alkanes) is 1. The zero-order valence-corrected chi connectivity index (χ0v) is 22.3. The number of aliphatic hydroxyl groups is 2. The van der Waals surface area contributed by atoms with Crippen LogP contribution in [0.3, 0.4) is 0 Å². The molecular formula is C30H40N4O3. The molecule has 0 amide bonds. The van der Waals surface area contributed by atoms with Gasteiger partial charge in [0.1, 0.15) is 0 Å². The average molecular weight is 505 g/mol. The molecule has 7 heteroatoms. The van der Waals surface area contributed by atoms with Gasteiger partial charge in [-0.25, -0.2) is 4.99 Å². The van der Waals surface area contributed by atoms with Crippen LogP contribution in [0.5, 0.6) is 0 Å². The van der Waals surface area contributed by atoms with Crippen molar-refractivity contribution in [1.29, 1.82) is 0 Å². The van der Waals surface area contributed by atoms with Crippen molar-refractivity contribution in [3.8, 4) is 0 Å². The van der Waals surface area contributed by atoms with Gasteiger partial charge >= 0.3 is 0 Å². The van der Waals surface area contributed by atoms with E-state index in [1.54, 1.807) is 6.08 Å². The highest BCUT2D eigenvalue weighted by Gasteiger charge is 2.19. The summed E-state index contributed by atoms with van der Waals surface area (Å²) in [4.78, 5) is 22.0. The molecule has 1 aliphatic rings. The summed E-state index contributed by atoms with van der Waals surface area (Å²) in [5, 5.41) is 21.9. The van der Waals surface area contributed by atoms with E-state index in [4.69, 9.17) is 4.99 Å². The predicted octanol–water partition coefficient (Wildman–Crippen LogP) is 4.03. The number of ketones is 1. The molecule has 0 atom stereocenters. The minimum Gasteiger partial charge on any atom is -0.395 e. The molecule has 37 heavy (non-hydrogen) atoms. The van der Waals surface area contributed by atoms with Gasteiger partial charge in [0.25, 0.3) is 0 Å². The molecular weight excluding hydrogens is 464 g/mol. The largest absolute Gasteiger partial charge is 0.395 e. The maximum absolute atomic E-state index is 13.0. The number of carbonyl (C=O) groups excluding carboxylic acids is 1. The van der Waals surface area contributed by atoms with Gasteiger partial charge in [-0.3, -0.25) is 4.79 Å². The summed E-state index contributed by atoms with van der Waals surface area (Å²) in [5.74, 6) is -0.00142. The summed E-state index contributed by atoms with van der Waals surface area (Å²) < 4.78 is 0. The number of aliphatic imine (C=N–C) groups is 1. The number of rotatable bonds is 14. The molecule has 0 heterocycles. The summed E-state index contributed by atoms with van der Waals surface area (Å²) in [6, 6.07) is 16.0. The molecule has 0 aromatic heterocycles. The van der Waals surface area contributed by atoms with Crippen molar-refractivity contribution in [3.63, 3.8) is 0 Å². The number of allylic oxidation sites excluding steroid dienone is 3. The summed E-state index contributed by atoms with van der Waals surface area (Å²) in [7, 11) is 1.94. The van der Waals surface area contributed by atoms with E-state index >= 15 is 0 Å². The number of anilines is 2. The number of aliphatic hydroxyl groups excluding tert-OH is 2. The molecule has 0 unspecified atom stereocenters. The number of nitrogens with one attached hydrogen (secondary N) is 1. The van der Waals surface area contributed by atoms with Gasteiger partial charge in [-0.15, -0.1) is 0 Å². The number of nitrogens with zero attached hydrogens (tertiary/aromatic N) is 3. The monoisotopic (exact) mass is 504 g/mol. The normalized spacial score (nSPS) is 14.4. The first-order valence-electron chi connectivity index (χ1n) is 13.1. The molecule has 0 saturated carbocycles. The van der Waals surface area contributed by atoms with Crippen LogP contribution in [0, 0.1) is 0 Å². The van der Waals surface area contributed by atoms with Crippen LogP contribution in [0.15, 0.2) is 76.9 Å². The van der Waals surface area contributed by atoms with Gasteiger partial charge in [-0.2, -0.15) is 0 Å². The topological polar surface area (TPSA) is 88.4 Å². The van der Waals surface area contributed by atoms with Crippen molar-refractivity contribution in [2.75, 3.05) is 56.2 Å². The molecule has 0 spiro atoms. The number of likely N-dealkylation sites (N-methyl/N-ethyl adjacent to an activating group) is 2. The third kappa shape index (κ3) is 8.03. The summed E-state index contributed by atoms with van der Waals surface area (Å²) in [6.07, 6.45) is 6.17. The predicted molar refractivity (Wildman–Crippen MR) is 153 cm³/mol. The highest BCUT2D eigenvalue weighted by atomic mass is 16.3. The van der Waals surface area contributed by atoms with E-state index in [2.05, 4.69) is 24.1 Å². The molecule has 0 fully saturated rings. The summed E-state index contributed by atoms with van der Waals surface area (Å²) in [5.41, 5.74) is 6.12. The van der Waals surface area contributed by atoms with Crippen LogP contribution in [0.1, 0.15) is 32.3 Å². The second-order valence-corrected chi connectivity index (χ2v) is 9.18. The lowest BCUT2D eigenvalue weighted by Crippen LogP contribution is -2.26. The van der Waals surface area contributed by atoms with Crippen molar-refractivity contribution >= 4 is 28.6 Å². The molecule has 0 aliphatic heterocycles. The van der Waals surface area contributed by atoms with Gasteiger partial charge in [0.2, 0.25) is 0 Å². The minimum absolute atomic E-state index is 0.00142. The Morgan fingerprint density at radius 3 is 2.19 bits per heavy atom. The van der Waals surface area contributed by atoms with Crippen LogP contribution in [-0.2, 0) is 11.2 Å². The first-order chi connectivity index (χ1) is 18.0. The third-order valence-corrected chi connectivity index (χ3v) is 6.45. The Morgan fingerprint density at radius 1 is 0.892 bits per heavy atom. The first kappa shape index (κ1) is 28.2. The standard InChI is InChI=1S/C30H40N4O3/c1-4-6-15-31-28-22-30(37)24(20-23-7-11-27(12-8-23)34(5-2)17-19-36)21-29(28)32-25-9-13-26(14-10-25)33(3)16-18-35/h7-14,21-22,31,35-36H,4-6,15-20H2,1-3H3. The van der Waals surface area contributed by atoms with Crippen LogP contribution in [0.4, 0.5) is 17.1 Å².